The van der Waals surface area contributed by atoms with Crippen LogP contribution in [-0.4, -0.2) is 29.1 Å². The first-order valence-electron chi connectivity index (χ1n) is 7.23. The molecule has 0 amide bonds. The van der Waals surface area contributed by atoms with E-state index in [1.807, 2.05) is 30.3 Å². The standard InChI is InChI=1S/C16H25NO/c1-3-15(17(4-2)12-13-10-11-13)16(18)14-8-6-5-7-9-14/h5-9,13,15-16,18H,3-4,10-12H2,1-2H3. The van der Waals surface area contributed by atoms with Crippen molar-refractivity contribution >= 4 is 0 Å². The SMILES string of the molecule is CCC(C(O)c1ccccc1)N(CC)CC1CC1. The summed E-state index contributed by atoms with van der Waals surface area (Å²) in [5, 5.41) is 10.6. The third kappa shape index (κ3) is 3.33. The fraction of sp³-hybridized carbons (Fsp3) is 0.625. The van der Waals surface area contributed by atoms with Crippen molar-refractivity contribution in [2.24, 2.45) is 5.92 Å². The Balaban J connectivity index is 2.05. The van der Waals surface area contributed by atoms with Gasteiger partial charge < -0.3 is 5.11 Å². The van der Waals surface area contributed by atoms with Gasteiger partial charge in [0.2, 0.25) is 0 Å². The minimum atomic E-state index is -0.366. The van der Waals surface area contributed by atoms with Crippen LogP contribution in [0.25, 0.3) is 0 Å². The number of hydrogen-bond acceptors (Lipinski definition) is 2. The predicted molar refractivity (Wildman–Crippen MR) is 75.5 cm³/mol. The first kappa shape index (κ1) is 13.6. The molecule has 1 aromatic rings. The molecule has 0 bridgehead atoms. The molecule has 1 aromatic carbocycles. The third-order valence-electron chi connectivity index (χ3n) is 3.99. The molecule has 0 saturated heterocycles. The van der Waals surface area contributed by atoms with Gasteiger partial charge in [0.1, 0.15) is 0 Å². The van der Waals surface area contributed by atoms with E-state index in [1.165, 1.54) is 12.8 Å². The van der Waals surface area contributed by atoms with E-state index in [2.05, 4.69) is 18.7 Å². The quantitative estimate of drug-likeness (QED) is 0.799. The Morgan fingerprint density at radius 1 is 1.22 bits per heavy atom. The molecule has 2 atom stereocenters. The van der Waals surface area contributed by atoms with E-state index in [0.29, 0.717) is 0 Å². The largest absolute Gasteiger partial charge is 0.387 e. The summed E-state index contributed by atoms with van der Waals surface area (Å²) in [6, 6.07) is 10.3. The number of aliphatic hydroxyl groups is 1. The maximum atomic E-state index is 10.6. The van der Waals surface area contributed by atoms with Crippen molar-refractivity contribution in [3.8, 4) is 0 Å². The van der Waals surface area contributed by atoms with Gasteiger partial charge in [-0.05, 0) is 37.3 Å². The summed E-state index contributed by atoms with van der Waals surface area (Å²) in [7, 11) is 0. The van der Waals surface area contributed by atoms with Gasteiger partial charge in [-0.25, -0.2) is 0 Å². The molecule has 18 heavy (non-hydrogen) atoms. The topological polar surface area (TPSA) is 23.5 Å². The number of hydrogen-bond donors (Lipinski definition) is 1. The maximum Gasteiger partial charge on any atom is 0.0945 e. The number of likely N-dealkylation sites (N-methyl/N-ethyl adjacent to an activating group) is 1. The van der Waals surface area contributed by atoms with E-state index in [0.717, 1.165) is 31.0 Å². The van der Waals surface area contributed by atoms with Crippen LogP contribution in [0.2, 0.25) is 0 Å². The fourth-order valence-electron chi connectivity index (χ4n) is 2.68. The smallest absolute Gasteiger partial charge is 0.0945 e. The van der Waals surface area contributed by atoms with E-state index in [1.54, 1.807) is 0 Å². The monoisotopic (exact) mass is 247 g/mol. The number of rotatable bonds is 7. The number of benzene rings is 1. The van der Waals surface area contributed by atoms with E-state index in [-0.39, 0.29) is 12.1 Å². The molecule has 2 nitrogen and oxygen atoms in total. The average molecular weight is 247 g/mol. The molecule has 1 saturated carbocycles. The molecule has 2 rings (SSSR count). The first-order valence-corrected chi connectivity index (χ1v) is 7.23. The fourth-order valence-corrected chi connectivity index (χ4v) is 2.68. The van der Waals surface area contributed by atoms with Crippen LogP contribution in [0.4, 0.5) is 0 Å². The lowest BCUT2D eigenvalue weighted by atomic mass is 9.98. The van der Waals surface area contributed by atoms with Crippen molar-refractivity contribution in [3.63, 3.8) is 0 Å². The Morgan fingerprint density at radius 2 is 1.89 bits per heavy atom. The van der Waals surface area contributed by atoms with Crippen molar-refractivity contribution in [2.75, 3.05) is 13.1 Å². The number of aliphatic hydroxyl groups excluding tert-OH is 1. The van der Waals surface area contributed by atoms with Crippen molar-refractivity contribution in [2.45, 2.75) is 45.3 Å². The second-order valence-corrected chi connectivity index (χ2v) is 5.36. The van der Waals surface area contributed by atoms with E-state index < -0.39 is 0 Å². The van der Waals surface area contributed by atoms with Crippen LogP contribution in [0.15, 0.2) is 30.3 Å². The van der Waals surface area contributed by atoms with Crippen molar-refractivity contribution in [1.82, 2.24) is 4.90 Å². The Morgan fingerprint density at radius 3 is 2.39 bits per heavy atom. The van der Waals surface area contributed by atoms with Crippen LogP contribution in [0, 0.1) is 5.92 Å². The molecule has 0 aromatic heterocycles. The minimum Gasteiger partial charge on any atom is -0.387 e. The van der Waals surface area contributed by atoms with Crippen LogP contribution in [0.1, 0.15) is 44.8 Å². The summed E-state index contributed by atoms with van der Waals surface area (Å²) in [4.78, 5) is 2.45. The molecule has 100 valence electrons. The third-order valence-corrected chi connectivity index (χ3v) is 3.99. The van der Waals surface area contributed by atoms with Crippen LogP contribution in [0.3, 0.4) is 0 Å². The molecule has 2 heteroatoms. The molecule has 0 radical (unpaired) electrons. The molecule has 1 aliphatic carbocycles. The number of nitrogens with zero attached hydrogens (tertiary/aromatic N) is 1. The molecule has 0 heterocycles. The molecular weight excluding hydrogens is 222 g/mol. The Hall–Kier alpha value is -0.860. The highest BCUT2D eigenvalue weighted by molar-refractivity contribution is 5.18. The van der Waals surface area contributed by atoms with Crippen molar-refractivity contribution in [3.05, 3.63) is 35.9 Å². The maximum absolute atomic E-state index is 10.6. The van der Waals surface area contributed by atoms with Crippen LogP contribution < -0.4 is 0 Å². The highest BCUT2D eigenvalue weighted by atomic mass is 16.3. The van der Waals surface area contributed by atoms with Gasteiger partial charge in [0.05, 0.1) is 6.10 Å². The highest BCUT2D eigenvalue weighted by Crippen LogP contribution is 2.32. The molecule has 2 unspecified atom stereocenters. The van der Waals surface area contributed by atoms with Gasteiger partial charge in [-0.3, -0.25) is 4.90 Å². The second-order valence-electron chi connectivity index (χ2n) is 5.36. The second kappa shape index (κ2) is 6.35. The average Bonchev–Trinajstić information content (AvgIpc) is 3.23. The first-order chi connectivity index (χ1) is 8.76. The Kier molecular flexibility index (Phi) is 4.79. The summed E-state index contributed by atoms with van der Waals surface area (Å²) in [5.41, 5.74) is 1.04. The summed E-state index contributed by atoms with van der Waals surface area (Å²) >= 11 is 0. The molecule has 1 fully saturated rings. The lowest BCUT2D eigenvalue weighted by Crippen LogP contribution is -2.40. The van der Waals surface area contributed by atoms with Gasteiger partial charge in [0, 0.05) is 12.6 Å². The summed E-state index contributed by atoms with van der Waals surface area (Å²) in [5.74, 6) is 0.877. The summed E-state index contributed by atoms with van der Waals surface area (Å²) in [6.07, 6.45) is 3.37. The molecule has 1 aliphatic rings. The lowest BCUT2D eigenvalue weighted by Gasteiger charge is -2.33. The van der Waals surface area contributed by atoms with Gasteiger partial charge in [0.15, 0.2) is 0 Å². The van der Waals surface area contributed by atoms with Gasteiger partial charge in [-0.1, -0.05) is 44.2 Å². The van der Waals surface area contributed by atoms with Crippen LogP contribution in [-0.2, 0) is 0 Å². The van der Waals surface area contributed by atoms with Crippen molar-refractivity contribution < 1.29 is 5.11 Å². The predicted octanol–water partition coefficient (Wildman–Crippen LogP) is 3.23. The van der Waals surface area contributed by atoms with Crippen LogP contribution >= 0.6 is 0 Å². The van der Waals surface area contributed by atoms with E-state index in [4.69, 9.17) is 0 Å². The molecule has 0 aliphatic heterocycles. The zero-order valence-electron chi connectivity index (χ0n) is 11.5. The Labute approximate surface area is 111 Å². The lowest BCUT2D eigenvalue weighted by molar-refractivity contribution is 0.0458. The Bertz CT molecular complexity index is 347. The zero-order chi connectivity index (χ0) is 13.0. The minimum absolute atomic E-state index is 0.248. The summed E-state index contributed by atoms with van der Waals surface area (Å²) < 4.78 is 0. The zero-order valence-corrected chi connectivity index (χ0v) is 11.5. The highest BCUT2D eigenvalue weighted by Gasteiger charge is 2.30. The van der Waals surface area contributed by atoms with Crippen LogP contribution in [0.5, 0.6) is 0 Å². The van der Waals surface area contributed by atoms with E-state index >= 15 is 0 Å². The van der Waals surface area contributed by atoms with E-state index in [9.17, 15) is 5.11 Å². The van der Waals surface area contributed by atoms with Gasteiger partial charge in [-0.15, -0.1) is 0 Å². The normalized spacial score (nSPS) is 18.9. The molecule has 1 N–H and O–H groups in total. The van der Waals surface area contributed by atoms with Gasteiger partial charge in [0.25, 0.3) is 0 Å². The van der Waals surface area contributed by atoms with Gasteiger partial charge in [-0.2, -0.15) is 0 Å². The molecule has 0 spiro atoms. The molecular formula is C16H25NO. The van der Waals surface area contributed by atoms with Gasteiger partial charge >= 0.3 is 0 Å². The summed E-state index contributed by atoms with van der Waals surface area (Å²) in [6.45, 7) is 6.55. The van der Waals surface area contributed by atoms with Crippen molar-refractivity contribution in [1.29, 1.82) is 0 Å².